The van der Waals surface area contributed by atoms with Gasteiger partial charge in [0.2, 0.25) is 0 Å². The second-order valence-electron chi connectivity index (χ2n) is 6.43. The van der Waals surface area contributed by atoms with Gasteiger partial charge < -0.3 is 5.32 Å². The van der Waals surface area contributed by atoms with Gasteiger partial charge in [0.15, 0.2) is 0 Å². The lowest BCUT2D eigenvalue weighted by molar-refractivity contribution is 0.252. The average molecular weight is 274 g/mol. The molecular weight excluding hydrogens is 251 g/mol. The van der Waals surface area contributed by atoms with Crippen molar-refractivity contribution in [2.45, 2.75) is 46.0 Å². The summed E-state index contributed by atoms with van der Waals surface area (Å²) < 4.78 is 13.6. The molecule has 3 heteroatoms. The fraction of sp³-hybridized carbons (Fsp3) is 0.588. The highest BCUT2D eigenvalue weighted by Crippen LogP contribution is 2.43. The van der Waals surface area contributed by atoms with Crippen LogP contribution in [0.15, 0.2) is 18.2 Å². The van der Waals surface area contributed by atoms with Gasteiger partial charge in [0, 0.05) is 6.54 Å². The minimum Gasteiger partial charge on any atom is -0.383 e. The number of nitrogens with one attached hydrogen (secondary N) is 1. The molecule has 0 aromatic heterocycles. The van der Waals surface area contributed by atoms with E-state index in [0.29, 0.717) is 17.0 Å². The molecule has 1 N–H and O–H groups in total. The minimum atomic E-state index is -0.443. The van der Waals surface area contributed by atoms with Gasteiger partial charge in [-0.3, -0.25) is 0 Å². The Hall–Kier alpha value is -1.56. The summed E-state index contributed by atoms with van der Waals surface area (Å²) >= 11 is 0. The van der Waals surface area contributed by atoms with Crippen LogP contribution in [0, 0.1) is 28.5 Å². The van der Waals surface area contributed by atoms with Gasteiger partial charge in [0.25, 0.3) is 0 Å². The number of anilines is 1. The quantitative estimate of drug-likeness (QED) is 0.843. The van der Waals surface area contributed by atoms with E-state index in [1.165, 1.54) is 38.2 Å². The molecule has 2 rings (SSSR count). The fourth-order valence-corrected chi connectivity index (χ4v) is 3.51. The van der Waals surface area contributed by atoms with Crippen molar-refractivity contribution in [3.63, 3.8) is 0 Å². The van der Waals surface area contributed by atoms with Crippen LogP contribution in [-0.2, 0) is 0 Å². The zero-order valence-electron chi connectivity index (χ0n) is 12.4. The molecule has 0 amide bonds. The summed E-state index contributed by atoms with van der Waals surface area (Å²) in [7, 11) is 0. The summed E-state index contributed by atoms with van der Waals surface area (Å²) in [6.07, 6.45) is 6.22. The molecule has 1 aliphatic carbocycles. The molecule has 0 saturated heterocycles. The van der Waals surface area contributed by atoms with Crippen molar-refractivity contribution in [2.75, 3.05) is 11.9 Å². The molecule has 0 radical (unpaired) electrons. The number of halogens is 1. The number of hydrogen-bond donors (Lipinski definition) is 1. The lowest BCUT2D eigenvalue weighted by Gasteiger charge is -2.31. The van der Waals surface area contributed by atoms with Crippen LogP contribution in [0.5, 0.6) is 0 Å². The van der Waals surface area contributed by atoms with E-state index in [4.69, 9.17) is 5.26 Å². The van der Waals surface area contributed by atoms with Gasteiger partial charge in [-0.05, 0) is 42.7 Å². The Bertz CT molecular complexity index is 496. The van der Waals surface area contributed by atoms with Crippen molar-refractivity contribution in [3.8, 4) is 6.07 Å². The Morgan fingerprint density at radius 2 is 2.05 bits per heavy atom. The summed E-state index contributed by atoms with van der Waals surface area (Å²) in [6.45, 7) is 5.34. The van der Waals surface area contributed by atoms with E-state index in [9.17, 15) is 4.39 Å². The third-order valence-corrected chi connectivity index (χ3v) is 4.28. The highest BCUT2D eigenvalue weighted by atomic mass is 19.1. The zero-order chi connectivity index (χ0) is 14.6. The molecule has 2 nitrogen and oxygen atoms in total. The summed E-state index contributed by atoms with van der Waals surface area (Å²) in [5.74, 6) is 0.222. The number of rotatable bonds is 5. The highest BCUT2D eigenvalue weighted by molar-refractivity contribution is 5.58. The first-order chi connectivity index (χ1) is 9.56. The van der Waals surface area contributed by atoms with E-state index < -0.39 is 5.82 Å². The van der Waals surface area contributed by atoms with E-state index >= 15 is 0 Å². The Labute approximate surface area is 121 Å². The average Bonchev–Trinajstić information content (AvgIpc) is 2.84. The number of nitriles is 1. The van der Waals surface area contributed by atoms with Crippen molar-refractivity contribution in [2.24, 2.45) is 11.3 Å². The van der Waals surface area contributed by atoms with Crippen molar-refractivity contribution in [3.05, 3.63) is 29.6 Å². The molecule has 0 bridgehead atoms. The Kier molecular flexibility index (Phi) is 4.65. The van der Waals surface area contributed by atoms with Gasteiger partial charge in [0.05, 0.1) is 5.69 Å². The van der Waals surface area contributed by atoms with Gasteiger partial charge in [0.1, 0.15) is 17.4 Å². The summed E-state index contributed by atoms with van der Waals surface area (Å²) in [6, 6.07) is 6.74. The van der Waals surface area contributed by atoms with Crippen molar-refractivity contribution in [1.82, 2.24) is 0 Å². The van der Waals surface area contributed by atoms with Crippen molar-refractivity contribution < 1.29 is 4.39 Å². The zero-order valence-corrected chi connectivity index (χ0v) is 12.4. The van der Waals surface area contributed by atoms with Gasteiger partial charge in [-0.1, -0.05) is 32.8 Å². The molecule has 1 aliphatic rings. The first-order valence-corrected chi connectivity index (χ1v) is 7.49. The molecule has 1 aromatic rings. The third kappa shape index (κ3) is 3.30. The minimum absolute atomic E-state index is 0.130. The van der Waals surface area contributed by atoms with Crippen LogP contribution in [0.4, 0.5) is 10.1 Å². The number of hydrogen-bond acceptors (Lipinski definition) is 2. The van der Waals surface area contributed by atoms with E-state index in [1.54, 1.807) is 12.1 Å². The predicted octanol–water partition coefficient (Wildman–Crippen LogP) is 4.72. The molecule has 1 fully saturated rings. The molecule has 108 valence electrons. The van der Waals surface area contributed by atoms with E-state index in [0.717, 1.165) is 6.54 Å². The maximum absolute atomic E-state index is 13.6. The van der Waals surface area contributed by atoms with Crippen LogP contribution in [-0.4, -0.2) is 6.54 Å². The second kappa shape index (κ2) is 6.26. The van der Waals surface area contributed by atoms with Gasteiger partial charge >= 0.3 is 0 Å². The number of benzene rings is 1. The van der Waals surface area contributed by atoms with Crippen LogP contribution in [0.3, 0.4) is 0 Å². The first kappa shape index (κ1) is 14.8. The van der Waals surface area contributed by atoms with Crippen molar-refractivity contribution in [1.29, 1.82) is 5.26 Å². The number of nitrogens with zero attached hydrogens (tertiary/aromatic N) is 1. The third-order valence-electron chi connectivity index (χ3n) is 4.28. The molecule has 0 heterocycles. The highest BCUT2D eigenvalue weighted by Gasteiger charge is 2.34. The standard InChI is InChI=1S/C17H23FN2/c1-13(2)10-17(8-3-4-9-17)12-20-16-7-5-6-15(18)14(16)11-19/h5-7,13,20H,3-4,8-10,12H2,1-2H3. The summed E-state index contributed by atoms with van der Waals surface area (Å²) in [5.41, 5.74) is 1.07. The molecule has 0 unspecified atom stereocenters. The van der Waals surface area contributed by atoms with Crippen LogP contribution in [0.1, 0.15) is 51.5 Å². The Morgan fingerprint density at radius 3 is 2.65 bits per heavy atom. The van der Waals surface area contributed by atoms with Crippen LogP contribution >= 0.6 is 0 Å². The molecule has 0 aliphatic heterocycles. The molecule has 20 heavy (non-hydrogen) atoms. The SMILES string of the molecule is CC(C)CC1(CNc2cccc(F)c2C#N)CCCC1. The van der Waals surface area contributed by atoms with Gasteiger partial charge in [-0.15, -0.1) is 0 Å². The lowest BCUT2D eigenvalue weighted by Crippen LogP contribution is -2.28. The lowest BCUT2D eigenvalue weighted by atomic mass is 9.78. The largest absolute Gasteiger partial charge is 0.383 e. The monoisotopic (exact) mass is 274 g/mol. The topological polar surface area (TPSA) is 35.8 Å². The van der Waals surface area contributed by atoms with Gasteiger partial charge in [-0.2, -0.15) is 5.26 Å². The summed E-state index contributed by atoms with van der Waals surface area (Å²) in [4.78, 5) is 0. The molecule has 1 saturated carbocycles. The van der Waals surface area contributed by atoms with E-state index in [1.807, 2.05) is 6.07 Å². The smallest absolute Gasteiger partial charge is 0.143 e. The Morgan fingerprint density at radius 1 is 1.35 bits per heavy atom. The predicted molar refractivity (Wildman–Crippen MR) is 80.0 cm³/mol. The molecule has 0 spiro atoms. The first-order valence-electron chi connectivity index (χ1n) is 7.49. The summed E-state index contributed by atoms with van der Waals surface area (Å²) in [5, 5.41) is 12.4. The Balaban J connectivity index is 2.11. The van der Waals surface area contributed by atoms with Crippen LogP contribution < -0.4 is 5.32 Å². The van der Waals surface area contributed by atoms with Gasteiger partial charge in [-0.25, -0.2) is 4.39 Å². The maximum Gasteiger partial charge on any atom is 0.143 e. The molecule has 1 aromatic carbocycles. The van der Waals surface area contributed by atoms with Crippen LogP contribution in [0.2, 0.25) is 0 Å². The normalized spacial score (nSPS) is 17.1. The van der Waals surface area contributed by atoms with Crippen LogP contribution in [0.25, 0.3) is 0 Å². The van der Waals surface area contributed by atoms with E-state index in [2.05, 4.69) is 19.2 Å². The van der Waals surface area contributed by atoms with Crippen molar-refractivity contribution >= 4 is 5.69 Å². The molecule has 0 atom stereocenters. The fourth-order valence-electron chi connectivity index (χ4n) is 3.51. The molecular formula is C17H23FN2. The second-order valence-corrected chi connectivity index (χ2v) is 6.43. The van der Waals surface area contributed by atoms with E-state index in [-0.39, 0.29) is 5.56 Å². The maximum atomic E-state index is 13.6.